The highest BCUT2D eigenvalue weighted by Gasteiger charge is 2.29. The predicted molar refractivity (Wildman–Crippen MR) is 70.5 cm³/mol. The van der Waals surface area contributed by atoms with Crippen LogP contribution in [0.2, 0.25) is 0 Å². The molecule has 1 amide bonds. The summed E-state index contributed by atoms with van der Waals surface area (Å²) in [5.41, 5.74) is 1.51. The number of nitrogens with zero attached hydrogens (tertiary/aromatic N) is 3. The van der Waals surface area contributed by atoms with Gasteiger partial charge in [0.1, 0.15) is 5.69 Å². The Morgan fingerprint density at radius 2 is 2.21 bits per heavy atom. The number of aromatic amines is 1. The van der Waals surface area contributed by atoms with E-state index in [0.717, 1.165) is 31.5 Å². The van der Waals surface area contributed by atoms with Crippen LogP contribution < -0.4 is 0 Å². The molecule has 0 saturated carbocycles. The molecule has 5 nitrogen and oxygen atoms in total. The Morgan fingerprint density at radius 1 is 1.26 bits per heavy atom. The SMILES string of the molecule is O=C(c1ccccn1)N1CCCCC1c1ccn[nH]1. The minimum atomic E-state index is -0.0000926. The van der Waals surface area contributed by atoms with Crippen molar-refractivity contribution in [2.24, 2.45) is 0 Å². The molecule has 1 atom stereocenters. The number of carbonyl (C=O) groups excluding carboxylic acids is 1. The smallest absolute Gasteiger partial charge is 0.273 e. The molecule has 0 bridgehead atoms. The summed E-state index contributed by atoms with van der Waals surface area (Å²) in [7, 11) is 0. The summed E-state index contributed by atoms with van der Waals surface area (Å²) in [6, 6.07) is 7.45. The van der Waals surface area contributed by atoms with Crippen LogP contribution in [0.25, 0.3) is 0 Å². The van der Waals surface area contributed by atoms with Gasteiger partial charge in [0.2, 0.25) is 0 Å². The van der Waals surface area contributed by atoms with Crippen LogP contribution in [-0.4, -0.2) is 32.5 Å². The zero-order valence-corrected chi connectivity index (χ0v) is 10.6. The molecular weight excluding hydrogens is 240 g/mol. The van der Waals surface area contributed by atoms with Crippen LogP contribution >= 0.6 is 0 Å². The number of aromatic nitrogens is 3. The number of likely N-dealkylation sites (tertiary alicyclic amines) is 1. The number of carbonyl (C=O) groups is 1. The topological polar surface area (TPSA) is 61.9 Å². The van der Waals surface area contributed by atoms with Gasteiger partial charge in [-0.1, -0.05) is 6.07 Å². The monoisotopic (exact) mass is 256 g/mol. The predicted octanol–water partition coefficient (Wildman–Crippen LogP) is 2.17. The van der Waals surface area contributed by atoms with E-state index in [9.17, 15) is 4.79 Å². The first-order valence-electron chi connectivity index (χ1n) is 6.57. The molecule has 2 aromatic rings. The molecule has 0 aliphatic carbocycles. The average Bonchev–Trinajstić information content (AvgIpc) is 3.01. The van der Waals surface area contributed by atoms with E-state index in [-0.39, 0.29) is 11.9 Å². The quantitative estimate of drug-likeness (QED) is 0.895. The van der Waals surface area contributed by atoms with E-state index in [4.69, 9.17) is 0 Å². The molecule has 1 unspecified atom stereocenters. The van der Waals surface area contributed by atoms with Gasteiger partial charge in [-0.2, -0.15) is 5.10 Å². The Labute approximate surface area is 111 Å². The first-order valence-corrected chi connectivity index (χ1v) is 6.57. The van der Waals surface area contributed by atoms with E-state index in [0.29, 0.717) is 5.69 Å². The molecule has 2 aromatic heterocycles. The van der Waals surface area contributed by atoms with Gasteiger partial charge in [-0.3, -0.25) is 14.9 Å². The minimum absolute atomic E-state index is 0.0000926. The van der Waals surface area contributed by atoms with Gasteiger partial charge in [0.25, 0.3) is 5.91 Å². The fourth-order valence-electron chi connectivity index (χ4n) is 2.59. The molecule has 1 fully saturated rings. The zero-order chi connectivity index (χ0) is 13.1. The van der Waals surface area contributed by atoms with Crippen molar-refractivity contribution in [3.8, 4) is 0 Å². The summed E-state index contributed by atoms with van der Waals surface area (Å²) in [4.78, 5) is 18.6. The van der Waals surface area contributed by atoms with Gasteiger partial charge >= 0.3 is 0 Å². The van der Waals surface area contributed by atoms with Gasteiger partial charge in [-0.05, 0) is 37.5 Å². The highest BCUT2D eigenvalue weighted by atomic mass is 16.2. The van der Waals surface area contributed by atoms with E-state index in [1.165, 1.54) is 0 Å². The second-order valence-electron chi connectivity index (χ2n) is 4.74. The summed E-state index contributed by atoms with van der Waals surface area (Å²) in [5.74, 6) is -0.0000926. The van der Waals surface area contributed by atoms with Crippen molar-refractivity contribution in [1.29, 1.82) is 0 Å². The van der Waals surface area contributed by atoms with Crippen molar-refractivity contribution < 1.29 is 4.79 Å². The minimum Gasteiger partial charge on any atom is -0.329 e. The lowest BCUT2D eigenvalue weighted by molar-refractivity contribution is 0.0600. The lowest BCUT2D eigenvalue weighted by Gasteiger charge is -2.34. The highest BCUT2D eigenvalue weighted by Crippen LogP contribution is 2.30. The number of amides is 1. The fraction of sp³-hybridized carbons (Fsp3) is 0.357. The third-order valence-corrected chi connectivity index (χ3v) is 3.53. The summed E-state index contributed by atoms with van der Waals surface area (Å²) < 4.78 is 0. The third-order valence-electron chi connectivity index (χ3n) is 3.53. The van der Waals surface area contributed by atoms with E-state index in [1.807, 2.05) is 23.1 Å². The Kier molecular flexibility index (Phi) is 3.27. The Morgan fingerprint density at radius 3 is 2.95 bits per heavy atom. The molecule has 0 radical (unpaired) electrons. The lowest BCUT2D eigenvalue weighted by atomic mass is 9.99. The van der Waals surface area contributed by atoms with Crippen molar-refractivity contribution >= 4 is 5.91 Å². The summed E-state index contributed by atoms with van der Waals surface area (Å²) in [6.45, 7) is 0.777. The van der Waals surface area contributed by atoms with Crippen molar-refractivity contribution in [2.45, 2.75) is 25.3 Å². The third kappa shape index (κ3) is 2.36. The van der Waals surface area contributed by atoms with Crippen LogP contribution in [0.15, 0.2) is 36.7 Å². The number of hydrogen-bond acceptors (Lipinski definition) is 3. The first kappa shape index (κ1) is 11.9. The number of pyridine rings is 1. The van der Waals surface area contributed by atoms with E-state index in [2.05, 4.69) is 15.2 Å². The Bertz CT molecular complexity index is 538. The molecule has 0 aromatic carbocycles. The standard InChI is InChI=1S/C14H16N4O/c19-14(12-5-1-3-8-15-12)18-10-4-2-6-13(18)11-7-9-16-17-11/h1,3,5,7-9,13H,2,4,6,10H2,(H,16,17). The largest absolute Gasteiger partial charge is 0.329 e. The molecule has 0 spiro atoms. The fourth-order valence-corrected chi connectivity index (χ4v) is 2.59. The molecule has 5 heteroatoms. The van der Waals surface area contributed by atoms with Crippen molar-refractivity contribution in [1.82, 2.24) is 20.1 Å². The average molecular weight is 256 g/mol. The molecule has 1 aliphatic heterocycles. The van der Waals surface area contributed by atoms with Crippen LogP contribution in [0, 0.1) is 0 Å². The summed E-state index contributed by atoms with van der Waals surface area (Å²) in [5, 5.41) is 6.96. The van der Waals surface area contributed by atoms with Gasteiger partial charge < -0.3 is 4.90 Å². The molecule has 1 saturated heterocycles. The van der Waals surface area contributed by atoms with Gasteiger partial charge in [-0.15, -0.1) is 0 Å². The lowest BCUT2D eigenvalue weighted by Crippen LogP contribution is -2.39. The number of rotatable bonds is 2. The van der Waals surface area contributed by atoms with Crippen molar-refractivity contribution in [2.75, 3.05) is 6.54 Å². The number of H-pyrrole nitrogens is 1. The molecule has 3 rings (SSSR count). The van der Waals surface area contributed by atoms with Crippen molar-refractivity contribution in [3.63, 3.8) is 0 Å². The second kappa shape index (κ2) is 5.22. The van der Waals surface area contributed by atoms with Crippen LogP contribution in [0.3, 0.4) is 0 Å². The molecule has 19 heavy (non-hydrogen) atoms. The normalized spacial score (nSPS) is 19.4. The summed E-state index contributed by atoms with van der Waals surface area (Å²) in [6.07, 6.45) is 6.54. The van der Waals surface area contributed by atoms with Gasteiger partial charge in [0, 0.05) is 18.9 Å². The van der Waals surface area contributed by atoms with Crippen LogP contribution in [-0.2, 0) is 0 Å². The molecule has 98 valence electrons. The number of nitrogens with one attached hydrogen (secondary N) is 1. The molecular formula is C14H16N4O. The zero-order valence-electron chi connectivity index (χ0n) is 10.6. The van der Waals surface area contributed by atoms with Gasteiger partial charge in [-0.25, -0.2) is 0 Å². The maximum atomic E-state index is 12.5. The van der Waals surface area contributed by atoms with Crippen LogP contribution in [0.1, 0.15) is 41.5 Å². The van der Waals surface area contributed by atoms with E-state index < -0.39 is 0 Å². The Balaban J connectivity index is 1.87. The first-order chi connectivity index (χ1) is 9.36. The summed E-state index contributed by atoms with van der Waals surface area (Å²) >= 11 is 0. The van der Waals surface area contributed by atoms with E-state index >= 15 is 0 Å². The van der Waals surface area contributed by atoms with Gasteiger partial charge in [0.15, 0.2) is 0 Å². The van der Waals surface area contributed by atoms with Gasteiger partial charge in [0.05, 0.1) is 11.7 Å². The molecule has 1 aliphatic rings. The molecule has 1 N–H and O–H groups in total. The maximum Gasteiger partial charge on any atom is 0.273 e. The highest BCUT2D eigenvalue weighted by molar-refractivity contribution is 5.92. The maximum absolute atomic E-state index is 12.5. The second-order valence-corrected chi connectivity index (χ2v) is 4.74. The van der Waals surface area contributed by atoms with E-state index in [1.54, 1.807) is 18.5 Å². The number of piperidine rings is 1. The molecule has 3 heterocycles. The number of hydrogen-bond donors (Lipinski definition) is 1. The van der Waals surface area contributed by atoms with Crippen molar-refractivity contribution in [3.05, 3.63) is 48.0 Å². The Hall–Kier alpha value is -2.17. The van der Waals surface area contributed by atoms with Crippen LogP contribution in [0.4, 0.5) is 0 Å². The van der Waals surface area contributed by atoms with Crippen LogP contribution in [0.5, 0.6) is 0 Å².